The Morgan fingerprint density at radius 2 is 2.14 bits per heavy atom. The first-order valence-electron chi connectivity index (χ1n) is 7.55. The van der Waals surface area contributed by atoms with Crippen LogP contribution in [0.3, 0.4) is 0 Å². The molecule has 0 saturated heterocycles. The number of aliphatic hydroxyl groups is 1. The summed E-state index contributed by atoms with van der Waals surface area (Å²) in [4.78, 5) is 19.0. The second kappa shape index (κ2) is 7.75. The van der Waals surface area contributed by atoms with Crippen LogP contribution in [0, 0.1) is 6.92 Å². The van der Waals surface area contributed by atoms with Crippen molar-refractivity contribution in [1.82, 2.24) is 9.97 Å². The van der Waals surface area contributed by atoms with Crippen molar-refractivity contribution in [2.24, 2.45) is 0 Å². The van der Waals surface area contributed by atoms with E-state index in [1.807, 2.05) is 18.2 Å². The highest BCUT2D eigenvalue weighted by atomic mass is 16.5. The van der Waals surface area contributed by atoms with Gasteiger partial charge in [0.25, 0.3) is 5.56 Å². The molecule has 0 aliphatic rings. The molecule has 5 heteroatoms. The standard InChI is InChI=1S/C17H22N2O3/c1-3-13-5-4-6-14(11-13)22-10-8-16-18-12(2)15(7-9-20)17(21)19-16/h4-6,11,20H,3,7-10H2,1-2H3,(H,18,19,21). The molecular weight excluding hydrogens is 280 g/mol. The molecule has 0 saturated carbocycles. The number of ether oxygens (including phenoxy) is 1. The number of aliphatic hydroxyl groups excluding tert-OH is 1. The van der Waals surface area contributed by atoms with E-state index in [-0.39, 0.29) is 12.2 Å². The van der Waals surface area contributed by atoms with Crippen molar-refractivity contribution in [1.29, 1.82) is 0 Å². The summed E-state index contributed by atoms with van der Waals surface area (Å²) < 4.78 is 5.71. The summed E-state index contributed by atoms with van der Waals surface area (Å²) in [6.07, 6.45) is 1.83. The van der Waals surface area contributed by atoms with Crippen molar-refractivity contribution >= 4 is 0 Å². The lowest BCUT2D eigenvalue weighted by atomic mass is 10.2. The molecule has 0 spiro atoms. The zero-order valence-corrected chi connectivity index (χ0v) is 13.1. The fourth-order valence-corrected chi connectivity index (χ4v) is 2.31. The van der Waals surface area contributed by atoms with Crippen molar-refractivity contribution in [2.45, 2.75) is 33.1 Å². The van der Waals surface area contributed by atoms with Crippen molar-refractivity contribution in [2.75, 3.05) is 13.2 Å². The van der Waals surface area contributed by atoms with Gasteiger partial charge in [-0.3, -0.25) is 4.79 Å². The van der Waals surface area contributed by atoms with Crippen LogP contribution in [0.5, 0.6) is 5.75 Å². The lowest BCUT2D eigenvalue weighted by molar-refractivity contribution is 0.298. The minimum atomic E-state index is -0.176. The Bertz CT molecular complexity index is 680. The Labute approximate surface area is 130 Å². The van der Waals surface area contributed by atoms with Gasteiger partial charge in [-0.15, -0.1) is 0 Å². The fourth-order valence-electron chi connectivity index (χ4n) is 2.31. The SMILES string of the molecule is CCc1cccc(OCCc2nc(C)c(CCO)c(=O)[nH]2)c1. The number of aromatic nitrogens is 2. The molecule has 1 aromatic carbocycles. The highest BCUT2D eigenvalue weighted by molar-refractivity contribution is 5.28. The van der Waals surface area contributed by atoms with Crippen LogP contribution in [0.25, 0.3) is 0 Å². The average Bonchev–Trinajstić information content (AvgIpc) is 2.51. The zero-order chi connectivity index (χ0) is 15.9. The van der Waals surface area contributed by atoms with Crippen LogP contribution in [0.1, 0.15) is 29.6 Å². The van der Waals surface area contributed by atoms with Gasteiger partial charge in [-0.2, -0.15) is 0 Å². The molecule has 2 aromatic rings. The van der Waals surface area contributed by atoms with E-state index in [9.17, 15) is 4.79 Å². The van der Waals surface area contributed by atoms with Gasteiger partial charge in [-0.25, -0.2) is 4.98 Å². The maximum absolute atomic E-state index is 11.9. The minimum absolute atomic E-state index is 0.0537. The van der Waals surface area contributed by atoms with Crippen molar-refractivity contribution < 1.29 is 9.84 Å². The number of hydrogen-bond donors (Lipinski definition) is 2. The molecule has 2 N–H and O–H groups in total. The van der Waals surface area contributed by atoms with E-state index in [0.717, 1.165) is 12.2 Å². The molecule has 0 radical (unpaired) electrons. The molecular formula is C17H22N2O3. The molecule has 5 nitrogen and oxygen atoms in total. The number of rotatable bonds is 7. The van der Waals surface area contributed by atoms with Crippen molar-refractivity contribution in [3.8, 4) is 5.75 Å². The number of hydrogen-bond acceptors (Lipinski definition) is 4. The Morgan fingerprint density at radius 1 is 1.32 bits per heavy atom. The molecule has 0 amide bonds. The van der Waals surface area contributed by atoms with Crippen LogP contribution >= 0.6 is 0 Å². The summed E-state index contributed by atoms with van der Waals surface area (Å²) in [5.41, 5.74) is 2.27. The van der Waals surface area contributed by atoms with Crippen LogP contribution in [-0.2, 0) is 19.3 Å². The molecule has 0 aliphatic carbocycles. The molecule has 118 valence electrons. The van der Waals surface area contributed by atoms with Gasteiger partial charge in [-0.05, 0) is 31.0 Å². The summed E-state index contributed by atoms with van der Waals surface area (Å²) in [6.45, 7) is 4.29. The molecule has 0 aliphatic heterocycles. The Hall–Kier alpha value is -2.14. The number of nitrogens with one attached hydrogen (secondary N) is 1. The number of benzene rings is 1. The molecule has 2 rings (SSSR count). The molecule has 0 bridgehead atoms. The second-order valence-electron chi connectivity index (χ2n) is 5.15. The highest BCUT2D eigenvalue weighted by Crippen LogP contribution is 2.13. The van der Waals surface area contributed by atoms with Gasteiger partial charge in [-0.1, -0.05) is 19.1 Å². The highest BCUT2D eigenvalue weighted by Gasteiger charge is 2.07. The van der Waals surface area contributed by atoms with Gasteiger partial charge in [0.2, 0.25) is 0 Å². The van der Waals surface area contributed by atoms with Crippen LogP contribution in [0.2, 0.25) is 0 Å². The van der Waals surface area contributed by atoms with Crippen LogP contribution in [0.15, 0.2) is 29.1 Å². The maximum atomic E-state index is 11.9. The van der Waals surface area contributed by atoms with Crippen LogP contribution in [0.4, 0.5) is 0 Å². The molecule has 1 aromatic heterocycles. The Kier molecular flexibility index (Phi) is 5.72. The van der Waals surface area contributed by atoms with E-state index in [1.54, 1.807) is 6.92 Å². The van der Waals surface area contributed by atoms with Crippen LogP contribution in [-0.4, -0.2) is 28.3 Å². The van der Waals surface area contributed by atoms with Crippen molar-refractivity contribution in [3.63, 3.8) is 0 Å². The largest absolute Gasteiger partial charge is 0.493 e. The normalized spacial score (nSPS) is 10.7. The monoisotopic (exact) mass is 302 g/mol. The molecule has 22 heavy (non-hydrogen) atoms. The third-order valence-corrected chi connectivity index (χ3v) is 3.55. The summed E-state index contributed by atoms with van der Waals surface area (Å²) in [5.74, 6) is 1.44. The first-order valence-corrected chi connectivity index (χ1v) is 7.55. The predicted octanol–water partition coefficient (Wildman–Crippen LogP) is 1.80. The smallest absolute Gasteiger partial charge is 0.254 e. The summed E-state index contributed by atoms with van der Waals surface area (Å²) in [6, 6.07) is 7.98. The van der Waals surface area contributed by atoms with Crippen molar-refractivity contribution in [3.05, 3.63) is 57.3 Å². The first-order chi connectivity index (χ1) is 10.6. The average molecular weight is 302 g/mol. The van der Waals surface area contributed by atoms with E-state index in [1.165, 1.54) is 5.56 Å². The number of H-pyrrole nitrogens is 1. The van der Waals surface area contributed by atoms with E-state index in [4.69, 9.17) is 9.84 Å². The van der Waals surface area contributed by atoms with Gasteiger partial charge < -0.3 is 14.8 Å². The Balaban J connectivity index is 1.98. The molecule has 0 fully saturated rings. The summed E-state index contributed by atoms with van der Waals surface area (Å²) in [7, 11) is 0. The van der Waals surface area contributed by atoms with Gasteiger partial charge in [0, 0.05) is 30.7 Å². The van der Waals surface area contributed by atoms with Gasteiger partial charge in [0.1, 0.15) is 11.6 Å². The number of aromatic amines is 1. The van der Waals surface area contributed by atoms with E-state index in [2.05, 4.69) is 23.0 Å². The predicted molar refractivity (Wildman–Crippen MR) is 85.4 cm³/mol. The minimum Gasteiger partial charge on any atom is -0.493 e. The summed E-state index contributed by atoms with van der Waals surface area (Å²) in [5, 5.41) is 8.95. The van der Waals surface area contributed by atoms with Gasteiger partial charge in [0.15, 0.2) is 0 Å². The van der Waals surface area contributed by atoms with E-state index < -0.39 is 0 Å². The van der Waals surface area contributed by atoms with Crippen LogP contribution < -0.4 is 10.3 Å². The molecule has 0 atom stereocenters. The van der Waals surface area contributed by atoms with Gasteiger partial charge in [0.05, 0.1) is 6.61 Å². The summed E-state index contributed by atoms with van der Waals surface area (Å²) >= 11 is 0. The lowest BCUT2D eigenvalue weighted by Crippen LogP contribution is -2.21. The number of aryl methyl sites for hydroxylation is 2. The topological polar surface area (TPSA) is 75.2 Å². The third-order valence-electron chi connectivity index (χ3n) is 3.55. The van der Waals surface area contributed by atoms with Gasteiger partial charge >= 0.3 is 0 Å². The fraction of sp³-hybridized carbons (Fsp3) is 0.412. The molecule has 1 heterocycles. The van der Waals surface area contributed by atoms with E-state index >= 15 is 0 Å². The third kappa shape index (κ3) is 4.18. The lowest BCUT2D eigenvalue weighted by Gasteiger charge is -2.09. The van der Waals surface area contributed by atoms with E-state index in [0.29, 0.717) is 36.5 Å². The zero-order valence-electron chi connectivity index (χ0n) is 13.1. The second-order valence-corrected chi connectivity index (χ2v) is 5.15. The first kappa shape index (κ1) is 16.2. The number of nitrogens with zero attached hydrogens (tertiary/aromatic N) is 1. The Morgan fingerprint density at radius 3 is 2.82 bits per heavy atom. The molecule has 0 unspecified atom stereocenters. The maximum Gasteiger partial charge on any atom is 0.254 e. The quantitative estimate of drug-likeness (QED) is 0.818.